The van der Waals surface area contributed by atoms with Crippen LogP contribution in [0, 0.1) is 0 Å². The number of fused-ring (bicyclic) bond motifs is 6. The smallest absolute Gasteiger partial charge is 0.164 e. The first kappa shape index (κ1) is 31.9. The van der Waals surface area contributed by atoms with Gasteiger partial charge in [-0.15, -0.1) is 0 Å². The summed E-state index contributed by atoms with van der Waals surface area (Å²) in [5.74, 6) is 1.95. The van der Waals surface area contributed by atoms with E-state index in [0.29, 0.717) is 17.5 Å². The van der Waals surface area contributed by atoms with Crippen molar-refractivity contribution in [2.24, 2.45) is 0 Å². The Hall–Kier alpha value is -7.63. The van der Waals surface area contributed by atoms with E-state index in [0.717, 1.165) is 39.2 Å². The van der Waals surface area contributed by atoms with Gasteiger partial charge in [0.2, 0.25) is 0 Å². The highest BCUT2D eigenvalue weighted by Gasteiger charge is 2.18. The summed E-state index contributed by atoms with van der Waals surface area (Å²) >= 11 is 0. The maximum atomic E-state index is 4.94. The summed E-state index contributed by atoms with van der Waals surface area (Å²) in [5, 5.41) is 4.92. The van der Waals surface area contributed by atoms with Crippen LogP contribution in [0.15, 0.2) is 200 Å². The molecule has 0 amide bonds. The van der Waals surface area contributed by atoms with Crippen molar-refractivity contribution in [3.05, 3.63) is 200 Å². The first-order valence-corrected chi connectivity index (χ1v) is 18.9. The SMILES string of the molecule is c1ccc(-c2nc(-c3ccccc3)nc(-c3ccc(-c4ccc5c(c4)c4ccccc4n5-c4ccc5c6ccccc6n(-c6ccccc6)c5c4)cc3)n2)cc1. The molecular formula is C51H33N5. The molecule has 0 atom stereocenters. The molecule has 0 aliphatic carbocycles. The molecule has 3 heterocycles. The van der Waals surface area contributed by atoms with Crippen molar-refractivity contribution in [3.63, 3.8) is 0 Å². The number of aromatic nitrogens is 5. The average Bonchev–Trinajstić information content (AvgIpc) is 3.79. The van der Waals surface area contributed by atoms with Crippen LogP contribution in [-0.2, 0) is 0 Å². The molecule has 0 unspecified atom stereocenters. The minimum absolute atomic E-state index is 0.644. The predicted octanol–water partition coefficient (Wildman–Crippen LogP) is 12.7. The summed E-state index contributed by atoms with van der Waals surface area (Å²) in [6.07, 6.45) is 0. The van der Waals surface area contributed by atoms with Crippen molar-refractivity contribution >= 4 is 43.6 Å². The van der Waals surface area contributed by atoms with Gasteiger partial charge in [0.15, 0.2) is 17.5 Å². The highest BCUT2D eigenvalue weighted by molar-refractivity contribution is 6.12. The topological polar surface area (TPSA) is 48.5 Å². The number of hydrogen-bond donors (Lipinski definition) is 0. The number of benzene rings is 8. The van der Waals surface area contributed by atoms with Crippen LogP contribution in [0.5, 0.6) is 0 Å². The lowest BCUT2D eigenvalue weighted by molar-refractivity contribution is 1.07. The normalized spacial score (nSPS) is 11.6. The summed E-state index contributed by atoms with van der Waals surface area (Å²) in [6.45, 7) is 0. The Morgan fingerprint density at radius 1 is 0.250 bits per heavy atom. The summed E-state index contributed by atoms with van der Waals surface area (Å²) in [4.78, 5) is 14.7. The molecule has 0 spiro atoms. The Morgan fingerprint density at radius 3 is 1.29 bits per heavy atom. The van der Waals surface area contributed by atoms with Crippen LogP contribution >= 0.6 is 0 Å². The second-order valence-corrected chi connectivity index (χ2v) is 14.1. The molecule has 0 saturated heterocycles. The Kier molecular flexibility index (Phi) is 7.42. The molecule has 0 bridgehead atoms. The van der Waals surface area contributed by atoms with Gasteiger partial charge >= 0.3 is 0 Å². The Labute approximate surface area is 323 Å². The van der Waals surface area contributed by atoms with Gasteiger partial charge in [-0.3, -0.25) is 0 Å². The third-order valence-electron chi connectivity index (χ3n) is 10.8. The largest absolute Gasteiger partial charge is 0.309 e. The zero-order valence-electron chi connectivity index (χ0n) is 30.3. The van der Waals surface area contributed by atoms with Crippen molar-refractivity contribution < 1.29 is 0 Å². The summed E-state index contributed by atoms with van der Waals surface area (Å²) in [7, 11) is 0. The lowest BCUT2D eigenvalue weighted by atomic mass is 10.0. The quantitative estimate of drug-likeness (QED) is 0.172. The fraction of sp³-hybridized carbons (Fsp3) is 0. The standard InChI is InChI=1S/C51H33N5/c1-4-14-35(15-5-1)49-52-50(36-16-6-2-7-17-36)54-51(53-49)37-26-24-34(25-27-37)38-28-31-47-44(32-38)42-21-11-13-23-46(42)56(47)40-29-30-43-41-20-10-12-22-45(41)55(48(43)33-40)39-18-8-3-9-19-39/h1-33H. The van der Waals surface area contributed by atoms with Crippen LogP contribution in [0.1, 0.15) is 0 Å². The van der Waals surface area contributed by atoms with Crippen LogP contribution < -0.4 is 0 Å². The number of rotatable bonds is 6. The minimum atomic E-state index is 0.644. The Morgan fingerprint density at radius 2 is 0.679 bits per heavy atom. The monoisotopic (exact) mass is 715 g/mol. The van der Waals surface area contributed by atoms with E-state index in [1.807, 2.05) is 60.7 Å². The van der Waals surface area contributed by atoms with Crippen LogP contribution in [0.3, 0.4) is 0 Å². The van der Waals surface area contributed by atoms with Crippen molar-refractivity contribution in [1.29, 1.82) is 0 Å². The van der Waals surface area contributed by atoms with Gasteiger partial charge in [0.05, 0.1) is 22.1 Å². The van der Waals surface area contributed by atoms with E-state index in [2.05, 4.69) is 149 Å². The summed E-state index contributed by atoms with van der Waals surface area (Å²) in [5.41, 5.74) is 12.1. The van der Waals surface area contributed by atoms with Crippen molar-refractivity contribution in [3.8, 4) is 56.7 Å². The van der Waals surface area contributed by atoms with Gasteiger partial charge in [0.1, 0.15) is 0 Å². The van der Waals surface area contributed by atoms with Gasteiger partial charge < -0.3 is 9.13 Å². The van der Waals surface area contributed by atoms with Gasteiger partial charge in [0, 0.05) is 49.6 Å². The second kappa shape index (κ2) is 13.0. The fourth-order valence-electron chi connectivity index (χ4n) is 8.13. The molecule has 0 radical (unpaired) electrons. The van der Waals surface area contributed by atoms with Gasteiger partial charge in [-0.1, -0.05) is 152 Å². The van der Waals surface area contributed by atoms with E-state index in [-0.39, 0.29) is 0 Å². The second-order valence-electron chi connectivity index (χ2n) is 14.1. The maximum absolute atomic E-state index is 4.94. The van der Waals surface area contributed by atoms with Crippen molar-refractivity contribution in [1.82, 2.24) is 24.1 Å². The van der Waals surface area contributed by atoms with Crippen LogP contribution in [0.25, 0.3) is 100 Å². The zero-order valence-corrected chi connectivity index (χ0v) is 30.3. The summed E-state index contributed by atoms with van der Waals surface area (Å²) < 4.78 is 4.78. The fourth-order valence-corrected chi connectivity index (χ4v) is 8.13. The molecule has 262 valence electrons. The van der Waals surface area contributed by atoms with E-state index in [9.17, 15) is 0 Å². The predicted molar refractivity (Wildman–Crippen MR) is 230 cm³/mol. The number of para-hydroxylation sites is 3. The molecule has 5 heteroatoms. The lowest BCUT2D eigenvalue weighted by Crippen LogP contribution is -2.00. The molecule has 0 saturated carbocycles. The van der Waals surface area contributed by atoms with Gasteiger partial charge in [-0.05, 0) is 59.7 Å². The molecular weight excluding hydrogens is 683 g/mol. The average molecular weight is 716 g/mol. The molecule has 8 aromatic carbocycles. The molecule has 0 aliphatic rings. The highest BCUT2D eigenvalue weighted by atomic mass is 15.0. The third kappa shape index (κ3) is 5.29. The highest BCUT2D eigenvalue weighted by Crippen LogP contribution is 2.38. The van der Waals surface area contributed by atoms with Gasteiger partial charge in [-0.25, -0.2) is 15.0 Å². The first-order valence-electron chi connectivity index (χ1n) is 18.9. The van der Waals surface area contributed by atoms with Gasteiger partial charge in [-0.2, -0.15) is 0 Å². The molecule has 0 fully saturated rings. The number of nitrogens with zero attached hydrogens (tertiary/aromatic N) is 5. The third-order valence-corrected chi connectivity index (χ3v) is 10.8. The Bertz CT molecular complexity index is 3160. The Balaban J connectivity index is 1.01. The van der Waals surface area contributed by atoms with E-state index in [4.69, 9.17) is 15.0 Å². The van der Waals surface area contributed by atoms with Crippen LogP contribution in [-0.4, -0.2) is 24.1 Å². The lowest BCUT2D eigenvalue weighted by Gasteiger charge is -2.11. The van der Waals surface area contributed by atoms with E-state index < -0.39 is 0 Å². The van der Waals surface area contributed by atoms with Crippen LogP contribution in [0.4, 0.5) is 0 Å². The summed E-state index contributed by atoms with van der Waals surface area (Å²) in [6, 6.07) is 70.5. The molecule has 56 heavy (non-hydrogen) atoms. The zero-order chi connectivity index (χ0) is 37.0. The van der Waals surface area contributed by atoms with E-state index in [1.54, 1.807) is 0 Å². The van der Waals surface area contributed by atoms with Gasteiger partial charge in [0.25, 0.3) is 0 Å². The van der Waals surface area contributed by atoms with Crippen LogP contribution in [0.2, 0.25) is 0 Å². The maximum Gasteiger partial charge on any atom is 0.164 e. The number of hydrogen-bond acceptors (Lipinski definition) is 3. The minimum Gasteiger partial charge on any atom is -0.309 e. The molecule has 11 aromatic rings. The molecule has 11 rings (SSSR count). The van der Waals surface area contributed by atoms with Crippen molar-refractivity contribution in [2.45, 2.75) is 0 Å². The first-order chi connectivity index (χ1) is 27.8. The van der Waals surface area contributed by atoms with Crippen molar-refractivity contribution in [2.75, 3.05) is 0 Å². The van der Waals surface area contributed by atoms with E-state index >= 15 is 0 Å². The molecule has 0 aliphatic heterocycles. The molecule has 3 aromatic heterocycles. The molecule has 0 N–H and O–H groups in total. The van der Waals surface area contributed by atoms with E-state index in [1.165, 1.54) is 43.6 Å². The molecule has 5 nitrogen and oxygen atoms in total.